The first-order valence-corrected chi connectivity index (χ1v) is 10.9. The van der Waals surface area contributed by atoms with Crippen LogP contribution in [0.25, 0.3) is 11.0 Å². The van der Waals surface area contributed by atoms with Crippen molar-refractivity contribution in [2.24, 2.45) is 0 Å². The van der Waals surface area contributed by atoms with Crippen molar-refractivity contribution in [3.05, 3.63) is 64.9 Å². The molecule has 176 valence electrons. The molecule has 8 heteroatoms. The minimum Gasteiger partial charge on any atom is -0.507 e. The first kappa shape index (κ1) is 23.4. The number of ether oxygens (including phenoxy) is 1. The molecule has 2 aromatic carbocycles. The van der Waals surface area contributed by atoms with Crippen molar-refractivity contribution in [1.82, 2.24) is 0 Å². The lowest BCUT2D eigenvalue weighted by Gasteiger charge is -2.40. The van der Waals surface area contributed by atoms with E-state index in [-0.39, 0.29) is 29.9 Å². The van der Waals surface area contributed by atoms with E-state index in [9.17, 15) is 30.3 Å². The van der Waals surface area contributed by atoms with Gasteiger partial charge < -0.3 is 34.7 Å². The number of aliphatic hydroxyl groups excluding tert-OH is 4. The van der Waals surface area contributed by atoms with Gasteiger partial charge in [-0.25, -0.2) is 0 Å². The van der Waals surface area contributed by atoms with E-state index in [0.29, 0.717) is 17.5 Å². The average molecular weight is 456 g/mol. The molecule has 4 rings (SSSR count). The molecule has 0 radical (unpaired) electrons. The molecule has 5 N–H and O–H groups in total. The van der Waals surface area contributed by atoms with E-state index in [1.54, 1.807) is 19.3 Å². The highest BCUT2D eigenvalue weighted by molar-refractivity contribution is 6.00. The number of phenols is 1. The molecule has 0 bridgehead atoms. The molecule has 5 atom stereocenters. The molecule has 0 amide bonds. The number of aromatic hydroxyl groups is 1. The first-order valence-electron chi connectivity index (χ1n) is 10.9. The Balaban J connectivity index is 1.55. The Morgan fingerprint density at radius 1 is 1.00 bits per heavy atom. The zero-order valence-corrected chi connectivity index (χ0v) is 18.2. The molecule has 1 saturated heterocycles. The molecule has 0 aliphatic carbocycles. The first-order chi connectivity index (χ1) is 15.8. The van der Waals surface area contributed by atoms with Crippen molar-refractivity contribution in [2.45, 2.75) is 56.7 Å². The van der Waals surface area contributed by atoms with Crippen LogP contribution in [0.1, 0.15) is 33.5 Å². The highest BCUT2D eigenvalue weighted by Crippen LogP contribution is 2.30. The standard InChI is InChI=1S/C25H28O8/c1-13-8-16(11-20-23(29)25(31)24(30)21(12-26)33-20)22(18(28)9-13)17(27)4-2-14-3-5-19-15(10-14)6-7-32-19/h3,5-10,20-21,23-26,28-31H,2,4,11-12H2,1H3/t20-,21+,23-,24+,25+/m0/s1. The Hall–Kier alpha value is -2.75. The number of carbonyl (C=O) groups is 1. The topological polar surface area (TPSA) is 141 Å². The van der Waals surface area contributed by atoms with Crippen LogP contribution in [0.2, 0.25) is 0 Å². The second kappa shape index (κ2) is 9.62. The average Bonchev–Trinajstić information content (AvgIpc) is 3.25. The predicted octanol–water partition coefficient (Wildman–Crippen LogP) is 1.65. The third kappa shape index (κ3) is 4.80. The Morgan fingerprint density at radius 3 is 2.52 bits per heavy atom. The maximum absolute atomic E-state index is 13.1. The fourth-order valence-electron chi connectivity index (χ4n) is 4.44. The number of furan rings is 1. The number of hydrogen-bond donors (Lipinski definition) is 5. The summed E-state index contributed by atoms with van der Waals surface area (Å²) in [6.45, 7) is 1.23. The van der Waals surface area contributed by atoms with E-state index in [1.807, 2.05) is 24.3 Å². The second-order valence-electron chi connectivity index (χ2n) is 8.61. The van der Waals surface area contributed by atoms with Crippen molar-refractivity contribution < 1.29 is 39.5 Å². The highest BCUT2D eigenvalue weighted by Gasteiger charge is 2.43. The molecule has 0 spiro atoms. The van der Waals surface area contributed by atoms with E-state index in [2.05, 4.69) is 0 Å². The number of phenolic OH excluding ortho intramolecular Hbond substituents is 1. The Labute approximate surface area is 190 Å². The number of ketones is 1. The summed E-state index contributed by atoms with van der Waals surface area (Å²) in [5, 5.41) is 51.5. The van der Waals surface area contributed by atoms with E-state index < -0.39 is 37.1 Å². The summed E-state index contributed by atoms with van der Waals surface area (Å²) in [6, 6.07) is 10.8. The van der Waals surface area contributed by atoms with E-state index >= 15 is 0 Å². The molecule has 0 unspecified atom stereocenters. The minimum atomic E-state index is -1.50. The normalized spacial score (nSPS) is 25.4. The summed E-state index contributed by atoms with van der Waals surface area (Å²) in [7, 11) is 0. The molecule has 1 aromatic heterocycles. The van der Waals surface area contributed by atoms with Crippen LogP contribution in [0.15, 0.2) is 47.1 Å². The minimum absolute atomic E-state index is 0.0126. The third-order valence-corrected chi connectivity index (χ3v) is 6.19. The molecule has 1 aliphatic heterocycles. The molecule has 33 heavy (non-hydrogen) atoms. The van der Waals surface area contributed by atoms with Crippen LogP contribution in [-0.2, 0) is 17.6 Å². The Kier molecular flexibility index (Phi) is 6.83. The number of aryl methyl sites for hydroxylation is 2. The summed E-state index contributed by atoms with van der Waals surface area (Å²) < 4.78 is 10.9. The van der Waals surface area contributed by atoms with Gasteiger partial charge in [0.25, 0.3) is 0 Å². The number of Topliss-reactive ketones (excluding diaryl/α,β-unsaturated/α-hetero) is 1. The van der Waals surface area contributed by atoms with Crippen LogP contribution in [0, 0.1) is 6.92 Å². The van der Waals surface area contributed by atoms with E-state index in [4.69, 9.17) is 9.15 Å². The molecule has 8 nitrogen and oxygen atoms in total. The number of fused-ring (bicyclic) bond motifs is 1. The van der Waals surface area contributed by atoms with Crippen LogP contribution in [-0.4, -0.2) is 68.4 Å². The van der Waals surface area contributed by atoms with Crippen LogP contribution < -0.4 is 0 Å². The van der Waals surface area contributed by atoms with Gasteiger partial charge in [-0.2, -0.15) is 0 Å². The third-order valence-electron chi connectivity index (χ3n) is 6.19. The van der Waals surface area contributed by atoms with Gasteiger partial charge in [-0.05, 0) is 54.3 Å². The summed E-state index contributed by atoms with van der Waals surface area (Å²) in [5.74, 6) is -0.427. The SMILES string of the molecule is Cc1cc(O)c(C(=O)CCc2ccc3occc3c2)c(C[C@@H]2O[C@H](CO)[C@@H](O)[C@H](O)[C@H]2O)c1. The molecule has 1 fully saturated rings. The molecule has 1 aliphatic rings. The molecule has 3 aromatic rings. The number of hydrogen-bond acceptors (Lipinski definition) is 8. The van der Waals surface area contributed by atoms with Gasteiger partial charge in [0.05, 0.1) is 24.5 Å². The van der Waals surface area contributed by atoms with Crippen LogP contribution in [0.4, 0.5) is 0 Å². The van der Waals surface area contributed by atoms with Crippen molar-refractivity contribution in [1.29, 1.82) is 0 Å². The van der Waals surface area contributed by atoms with Crippen LogP contribution in [0.3, 0.4) is 0 Å². The molecule has 0 saturated carbocycles. The fraction of sp³-hybridized carbons (Fsp3) is 0.400. The van der Waals surface area contributed by atoms with Gasteiger partial charge in [0.15, 0.2) is 5.78 Å². The van der Waals surface area contributed by atoms with E-state index in [0.717, 1.165) is 16.5 Å². The van der Waals surface area contributed by atoms with Gasteiger partial charge >= 0.3 is 0 Å². The molecular formula is C25H28O8. The summed E-state index contributed by atoms with van der Waals surface area (Å²) in [5.41, 5.74) is 3.05. The molecule has 2 heterocycles. The van der Waals surface area contributed by atoms with Gasteiger partial charge in [-0.15, -0.1) is 0 Å². The summed E-state index contributed by atoms with van der Waals surface area (Å²) >= 11 is 0. The lowest BCUT2D eigenvalue weighted by atomic mass is 9.88. The van der Waals surface area contributed by atoms with Crippen molar-refractivity contribution in [3.63, 3.8) is 0 Å². The van der Waals surface area contributed by atoms with Crippen molar-refractivity contribution >= 4 is 16.8 Å². The maximum Gasteiger partial charge on any atom is 0.167 e. The Bertz CT molecular complexity index is 1130. The lowest BCUT2D eigenvalue weighted by Crippen LogP contribution is -2.59. The van der Waals surface area contributed by atoms with Gasteiger partial charge in [0.2, 0.25) is 0 Å². The van der Waals surface area contributed by atoms with E-state index in [1.165, 1.54) is 6.07 Å². The fourth-order valence-corrected chi connectivity index (χ4v) is 4.44. The molecular weight excluding hydrogens is 428 g/mol. The maximum atomic E-state index is 13.1. The number of benzene rings is 2. The zero-order chi connectivity index (χ0) is 23.7. The van der Waals surface area contributed by atoms with Gasteiger partial charge in [0, 0.05) is 18.2 Å². The van der Waals surface area contributed by atoms with Crippen LogP contribution in [0.5, 0.6) is 5.75 Å². The number of aliphatic hydroxyl groups is 4. The Morgan fingerprint density at radius 2 is 1.76 bits per heavy atom. The largest absolute Gasteiger partial charge is 0.507 e. The predicted molar refractivity (Wildman–Crippen MR) is 119 cm³/mol. The summed E-state index contributed by atoms with van der Waals surface area (Å²) in [6.07, 6.45) is -4.16. The second-order valence-corrected chi connectivity index (χ2v) is 8.61. The monoisotopic (exact) mass is 456 g/mol. The smallest absolute Gasteiger partial charge is 0.167 e. The van der Waals surface area contributed by atoms with Gasteiger partial charge in [-0.1, -0.05) is 12.1 Å². The van der Waals surface area contributed by atoms with Crippen LogP contribution >= 0.6 is 0 Å². The number of rotatable bonds is 7. The van der Waals surface area contributed by atoms with Crippen molar-refractivity contribution in [3.8, 4) is 5.75 Å². The zero-order valence-electron chi connectivity index (χ0n) is 18.2. The lowest BCUT2D eigenvalue weighted by molar-refractivity contribution is -0.228. The summed E-state index contributed by atoms with van der Waals surface area (Å²) in [4.78, 5) is 13.1. The van der Waals surface area contributed by atoms with Gasteiger partial charge in [-0.3, -0.25) is 4.79 Å². The highest BCUT2D eigenvalue weighted by atomic mass is 16.5. The van der Waals surface area contributed by atoms with Gasteiger partial charge in [0.1, 0.15) is 35.7 Å². The van der Waals surface area contributed by atoms with Crippen molar-refractivity contribution in [2.75, 3.05) is 6.61 Å². The quantitative estimate of drug-likeness (QED) is 0.338. The number of carbonyl (C=O) groups excluding carboxylic acids is 1.